The second kappa shape index (κ2) is 7.87. The standard InChI is InChI=1S/C19H22O3/c1-14(19(21)17-11-7-4-8-12-17)18(20)15(2)22-13-16-9-5-3-6-10-16/h3-12,14-15,19,21H,13H2,1-2H3/t14-,15+,19-/m1/s1. The van der Waals surface area contributed by atoms with Crippen molar-refractivity contribution in [1.82, 2.24) is 0 Å². The highest BCUT2D eigenvalue weighted by molar-refractivity contribution is 5.85. The van der Waals surface area contributed by atoms with Crippen molar-refractivity contribution in [1.29, 1.82) is 0 Å². The summed E-state index contributed by atoms with van der Waals surface area (Å²) < 4.78 is 5.64. The predicted octanol–water partition coefficient (Wildman–Crippen LogP) is 3.53. The van der Waals surface area contributed by atoms with Gasteiger partial charge < -0.3 is 9.84 Å². The number of ether oxygens (including phenoxy) is 1. The lowest BCUT2D eigenvalue weighted by Crippen LogP contribution is -2.30. The first kappa shape index (κ1) is 16.4. The summed E-state index contributed by atoms with van der Waals surface area (Å²) in [4.78, 5) is 12.4. The lowest BCUT2D eigenvalue weighted by atomic mass is 9.91. The normalized spacial score (nSPS) is 15.0. The molecule has 0 bridgehead atoms. The van der Waals surface area contributed by atoms with Crippen molar-refractivity contribution >= 4 is 5.78 Å². The zero-order valence-corrected chi connectivity index (χ0v) is 13.0. The first-order valence-corrected chi connectivity index (χ1v) is 7.52. The fourth-order valence-corrected chi connectivity index (χ4v) is 2.34. The molecule has 2 rings (SSSR count). The Kier molecular flexibility index (Phi) is 5.87. The first-order chi connectivity index (χ1) is 10.6. The number of carbonyl (C=O) groups excluding carboxylic acids is 1. The zero-order valence-electron chi connectivity index (χ0n) is 13.0. The Labute approximate surface area is 131 Å². The molecule has 0 radical (unpaired) electrons. The monoisotopic (exact) mass is 298 g/mol. The molecule has 0 amide bonds. The van der Waals surface area contributed by atoms with Gasteiger partial charge in [-0.25, -0.2) is 0 Å². The molecule has 2 aromatic carbocycles. The summed E-state index contributed by atoms with van der Waals surface area (Å²) in [6.45, 7) is 3.86. The van der Waals surface area contributed by atoms with Crippen molar-refractivity contribution in [2.24, 2.45) is 5.92 Å². The van der Waals surface area contributed by atoms with Crippen LogP contribution in [0.1, 0.15) is 31.1 Å². The Balaban J connectivity index is 1.92. The fraction of sp³-hybridized carbons (Fsp3) is 0.316. The van der Waals surface area contributed by atoms with Crippen LogP contribution in [0, 0.1) is 5.92 Å². The van der Waals surface area contributed by atoms with Gasteiger partial charge in [-0.15, -0.1) is 0 Å². The summed E-state index contributed by atoms with van der Waals surface area (Å²) in [7, 11) is 0. The van der Waals surface area contributed by atoms with Crippen molar-refractivity contribution in [3.63, 3.8) is 0 Å². The minimum atomic E-state index is -0.809. The van der Waals surface area contributed by atoms with Crippen LogP contribution in [0.25, 0.3) is 0 Å². The van der Waals surface area contributed by atoms with Crippen molar-refractivity contribution in [2.45, 2.75) is 32.7 Å². The number of hydrogen-bond acceptors (Lipinski definition) is 3. The molecule has 0 fully saturated rings. The van der Waals surface area contributed by atoms with Crippen LogP contribution in [0.3, 0.4) is 0 Å². The van der Waals surface area contributed by atoms with Crippen molar-refractivity contribution in [3.05, 3.63) is 71.8 Å². The number of hydrogen-bond donors (Lipinski definition) is 1. The molecule has 0 heterocycles. The minimum absolute atomic E-state index is 0.0905. The molecule has 0 spiro atoms. The second-order valence-corrected chi connectivity index (χ2v) is 5.49. The van der Waals surface area contributed by atoms with E-state index in [9.17, 15) is 9.90 Å². The van der Waals surface area contributed by atoms with Crippen LogP contribution in [0.5, 0.6) is 0 Å². The molecule has 0 saturated heterocycles. The molecule has 3 atom stereocenters. The SMILES string of the molecule is C[C@H](OCc1ccccc1)C(=O)[C@@H](C)[C@@H](O)c1ccccc1. The molecule has 0 aromatic heterocycles. The van der Waals surface area contributed by atoms with E-state index < -0.39 is 18.1 Å². The Morgan fingerprint density at radius 1 is 1.00 bits per heavy atom. The van der Waals surface area contributed by atoms with Gasteiger partial charge in [-0.2, -0.15) is 0 Å². The zero-order chi connectivity index (χ0) is 15.9. The summed E-state index contributed by atoms with van der Waals surface area (Å²) in [6, 6.07) is 19.0. The quantitative estimate of drug-likeness (QED) is 0.850. The molecular formula is C19H22O3. The van der Waals surface area contributed by atoms with Gasteiger partial charge in [0.25, 0.3) is 0 Å². The molecule has 0 saturated carbocycles. The Hall–Kier alpha value is -1.97. The summed E-state index contributed by atoms with van der Waals surface area (Å²) in [5.41, 5.74) is 1.78. The van der Waals surface area contributed by atoms with Gasteiger partial charge in [0.05, 0.1) is 12.7 Å². The van der Waals surface area contributed by atoms with Gasteiger partial charge in [0.2, 0.25) is 0 Å². The Morgan fingerprint density at radius 3 is 2.14 bits per heavy atom. The Bertz CT molecular complexity index is 580. The maximum Gasteiger partial charge on any atom is 0.166 e. The van der Waals surface area contributed by atoms with Gasteiger partial charge >= 0.3 is 0 Å². The van der Waals surface area contributed by atoms with E-state index in [0.29, 0.717) is 6.61 Å². The van der Waals surface area contributed by atoms with E-state index in [-0.39, 0.29) is 5.78 Å². The number of aliphatic hydroxyl groups is 1. The van der Waals surface area contributed by atoms with Gasteiger partial charge in [0, 0.05) is 5.92 Å². The number of benzene rings is 2. The number of aliphatic hydroxyl groups excluding tert-OH is 1. The molecule has 0 unspecified atom stereocenters. The number of rotatable bonds is 7. The van der Waals surface area contributed by atoms with E-state index in [1.165, 1.54) is 0 Å². The molecule has 3 heteroatoms. The number of carbonyl (C=O) groups is 1. The smallest absolute Gasteiger partial charge is 0.166 e. The van der Waals surface area contributed by atoms with Gasteiger partial charge in [-0.1, -0.05) is 67.6 Å². The molecule has 2 aromatic rings. The molecule has 22 heavy (non-hydrogen) atoms. The van der Waals surface area contributed by atoms with Crippen LogP contribution >= 0.6 is 0 Å². The summed E-state index contributed by atoms with van der Waals surface area (Å²) in [6.07, 6.45) is -1.36. The molecule has 3 nitrogen and oxygen atoms in total. The van der Waals surface area contributed by atoms with Crippen LogP contribution in [-0.2, 0) is 16.1 Å². The van der Waals surface area contributed by atoms with E-state index in [2.05, 4.69) is 0 Å². The highest BCUT2D eigenvalue weighted by Gasteiger charge is 2.27. The third-order valence-corrected chi connectivity index (χ3v) is 3.81. The molecular weight excluding hydrogens is 276 g/mol. The van der Waals surface area contributed by atoms with Crippen molar-refractivity contribution in [2.75, 3.05) is 0 Å². The Morgan fingerprint density at radius 2 is 1.55 bits per heavy atom. The van der Waals surface area contributed by atoms with Gasteiger partial charge in [0.1, 0.15) is 6.10 Å². The van der Waals surface area contributed by atoms with Gasteiger partial charge in [0.15, 0.2) is 5.78 Å². The third kappa shape index (κ3) is 4.26. The maximum absolute atomic E-state index is 12.4. The number of Topliss-reactive ketones (excluding diaryl/α,β-unsaturated/α-hetero) is 1. The highest BCUT2D eigenvalue weighted by atomic mass is 16.5. The van der Waals surface area contributed by atoms with Gasteiger partial charge in [-0.3, -0.25) is 4.79 Å². The molecule has 0 aliphatic rings. The van der Waals surface area contributed by atoms with Crippen molar-refractivity contribution in [3.8, 4) is 0 Å². The van der Waals surface area contributed by atoms with E-state index in [0.717, 1.165) is 11.1 Å². The van der Waals surface area contributed by atoms with Crippen LogP contribution in [0.4, 0.5) is 0 Å². The van der Waals surface area contributed by atoms with E-state index in [1.54, 1.807) is 13.8 Å². The van der Waals surface area contributed by atoms with E-state index in [4.69, 9.17) is 4.74 Å². The summed E-state index contributed by atoms with van der Waals surface area (Å²) >= 11 is 0. The largest absolute Gasteiger partial charge is 0.388 e. The van der Waals surface area contributed by atoms with E-state index in [1.807, 2.05) is 60.7 Å². The lowest BCUT2D eigenvalue weighted by molar-refractivity contribution is -0.137. The van der Waals surface area contributed by atoms with Gasteiger partial charge in [-0.05, 0) is 18.1 Å². The number of ketones is 1. The summed E-state index contributed by atoms with van der Waals surface area (Å²) in [5, 5.41) is 10.3. The molecule has 0 aliphatic carbocycles. The predicted molar refractivity (Wildman–Crippen MR) is 86.3 cm³/mol. The van der Waals surface area contributed by atoms with Crippen LogP contribution in [-0.4, -0.2) is 17.0 Å². The summed E-state index contributed by atoms with van der Waals surface area (Å²) in [5.74, 6) is -0.597. The van der Waals surface area contributed by atoms with Crippen LogP contribution in [0.2, 0.25) is 0 Å². The minimum Gasteiger partial charge on any atom is -0.388 e. The average Bonchev–Trinajstić information content (AvgIpc) is 2.59. The second-order valence-electron chi connectivity index (χ2n) is 5.49. The fourth-order valence-electron chi connectivity index (χ4n) is 2.34. The maximum atomic E-state index is 12.4. The average molecular weight is 298 g/mol. The van der Waals surface area contributed by atoms with Crippen LogP contribution in [0.15, 0.2) is 60.7 Å². The third-order valence-electron chi connectivity index (χ3n) is 3.81. The molecule has 1 N–H and O–H groups in total. The van der Waals surface area contributed by atoms with Crippen LogP contribution < -0.4 is 0 Å². The van der Waals surface area contributed by atoms with E-state index >= 15 is 0 Å². The molecule has 116 valence electrons. The molecule has 0 aliphatic heterocycles. The highest BCUT2D eigenvalue weighted by Crippen LogP contribution is 2.24. The first-order valence-electron chi connectivity index (χ1n) is 7.52. The van der Waals surface area contributed by atoms with Crippen molar-refractivity contribution < 1.29 is 14.6 Å². The topological polar surface area (TPSA) is 46.5 Å². The lowest BCUT2D eigenvalue weighted by Gasteiger charge is -2.21.